The molecule has 26 heavy (non-hydrogen) atoms. The highest BCUT2D eigenvalue weighted by Gasteiger charge is 2.42. The maximum absolute atomic E-state index is 13.4. The van der Waals surface area contributed by atoms with E-state index in [0.717, 1.165) is 26.2 Å². The number of piperidine rings is 1. The zero-order valence-corrected chi connectivity index (χ0v) is 16.8. The molecule has 1 spiro atoms. The predicted molar refractivity (Wildman–Crippen MR) is 106 cm³/mol. The topological polar surface area (TPSA) is 50.2 Å². The van der Waals surface area contributed by atoms with Crippen LogP contribution in [-0.4, -0.2) is 46.8 Å². The summed E-state index contributed by atoms with van der Waals surface area (Å²) < 4.78 is 1.84. The van der Waals surface area contributed by atoms with E-state index in [1.54, 1.807) is 0 Å². The van der Waals surface area contributed by atoms with Crippen molar-refractivity contribution >= 4 is 18.3 Å². The summed E-state index contributed by atoms with van der Waals surface area (Å²) in [7, 11) is 1.95. The number of hydrogen-bond acceptors (Lipinski definition) is 3. The number of hydrogen-bond donors (Lipinski definition) is 1. The van der Waals surface area contributed by atoms with Crippen LogP contribution < -0.4 is 5.32 Å². The SMILES string of the molecule is Cl.Cn1cc([C@H]2CNC[C@@H]2C(=O)N2CCCC3(CCCCCC3)C2)cn1. The highest BCUT2D eigenvalue weighted by molar-refractivity contribution is 5.85. The molecule has 0 bridgehead atoms. The van der Waals surface area contributed by atoms with Crippen molar-refractivity contribution in [3.8, 4) is 0 Å². The lowest BCUT2D eigenvalue weighted by Crippen LogP contribution is -2.49. The molecule has 2 aliphatic heterocycles. The lowest BCUT2D eigenvalue weighted by Gasteiger charge is -2.44. The first kappa shape index (κ1) is 19.7. The second kappa shape index (κ2) is 8.30. The Bertz CT molecular complexity index is 609. The Hall–Kier alpha value is -1.07. The van der Waals surface area contributed by atoms with Gasteiger partial charge >= 0.3 is 0 Å². The second-order valence-electron chi connectivity index (χ2n) is 8.60. The van der Waals surface area contributed by atoms with E-state index in [2.05, 4.69) is 21.5 Å². The molecule has 1 aromatic heterocycles. The number of carbonyl (C=O) groups excluding carboxylic acids is 1. The summed E-state index contributed by atoms with van der Waals surface area (Å²) in [5.41, 5.74) is 1.62. The van der Waals surface area contributed by atoms with Crippen LogP contribution in [0.25, 0.3) is 0 Å². The molecule has 0 aromatic carbocycles. The van der Waals surface area contributed by atoms with Crippen LogP contribution in [-0.2, 0) is 11.8 Å². The summed E-state index contributed by atoms with van der Waals surface area (Å²) in [5, 5.41) is 7.76. The molecule has 1 aromatic rings. The molecule has 3 heterocycles. The van der Waals surface area contributed by atoms with Gasteiger partial charge in [0.25, 0.3) is 0 Å². The van der Waals surface area contributed by atoms with E-state index < -0.39 is 0 Å². The number of rotatable bonds is 2. The van der Waals surface area contributed by atoms with E-state index in [1.807, 2.05) is 17.9 Å². The van der Waals surface area contributed by atoms with Crippen LogP contribution in [0.2, 0.25) is 0 Å². The van der Waals surface area contributed by atoms with Gasteiger partial charge < -0.3 is 10.2 Å². The number of aromatic nitrogens is 2. The Balaban J connectivity index is 0.00000196. The minimum atomic E-state index is 0. The van der Waals surface area contributed by atoms with Crippen molar-refractivity contribution in [3.05, 3.63) is 18.0 Å². The standard InChI is InChI=1S/C20H32N4O.ClH/c1-23-14-16(11-22-23)17-12-21-13-18(17)19(25)24-10-6-9-20(15-24)7-4-2-3-5-8-20;/h11,14,17-18,21H,2-10,12-13,15H2,1H3;1H/t17-,18+;/m1./s1. The van der Waals surface area contributed by atoms with Crippen LogP contribution in [0.4, 0.5) is 0 Å². The minimum absolute atomic E-state index is 0. The summed E-state index contributed by atoms with van der Waals surface area (Å²) in [6.07, 6.45) is 14.6. The first-order chi connectivity index (χ1) is 12.2. The molecule has 1 amide bonds. The van der Waals surface area contributed by atoms with Crippen molar-refractivity contribution in [1.82, 2.24) is 20.0 Å². The van der Waals surface area contributed by atoms with Crippen molar-refractivity contribution in [2.24, 2.45) is 18.4 Å². The Morgan fingerprint density at radius 3 is 2.58 bits per heavy atom. The summed E-state index contributed by atoms with van der Waals surface area (Å²) in [6, 6.07) is 0. The van der Waals surface area contributed by atoms with E-state index in [4.69, 9.17) is 0 Å². The Morgan fingerprint density at radius 1 is 1.15 bits per heavy atom. The average Bonchev–Trinajstić information content (AvgIpc) is 3.21. The van der Waals surface area contributed by atoms with Gasteiger partial charge in [0.05, 0.1) is 12.1 Å². The van der Waals surface area contributed by atoms with Gasteiger partial charge in [-0.25, -0.2) is 0 Å². The Labute approximate surface area is 163 Å². The molecule has 5 nitrogen and oxygen atoms in total. The van der Waals surface area contributed by atoms with E-state index >= 15 is 0 Å². The van der Waals surface area contributed by atoms with Crippen LogP contribution in [0.5, 0.6) is 0 Å². The van der Waals surface area contributed by atoms with Crippen molar-refractivity contribution in [1.29, 1.82) is 0 Å². The summed E-state index contributed by atoms with van der Waals surface area (Å²) in [5.74, 6) is 0.723. The van der Waals surface area contributed by atoms with E-state index in [9.17, 15) is 4.79 Å². The lowest BCUT2D eigenvalue weighted by molar-refractivity contribution is -0.139. The molecule has 4 rings (SSSR count). The second-order valence-corrected chi connectivity index (χ2v) is 8.60. The quantitative estimate of drug-likeness (QED) is 0.857. The summed E-state index contributed by atoms with van der Waals surface area (Å²) >= 11 is 0. The van der Waals surface area contributed by atoms with Gasteiger partial charge in [0, 0.05) is 45.3 Å². The van der Waals surface area contributed by atoms with Gasteiger partial charge in [-0.15, -0.1) is 12.4 Å². The van der Waals surface area contributed by atoms with Gasteiger partial charge in [-0.05, 0) is 36.7 Å². The van der Waals surface area contributed by atoms with Gasteiger partial charge in [0.1, 0.15) is 0 Å². The summed E-state index contributed by atoms with van der Waals surface area (Å²) in [4.78, 5) is 15.6. The number of halogens is 1. The third-order valence-electron chi connectivity index (χ3n) is 6.82. The molecule has 0 radical (unpaired) electrons. The largest absolute Gasteiger partial charge is 0.342 e. The summed E-state index contributed by atoms with van der Waals surface area (Å²) in [6.45, 7) is 3.65. The Kier molecular flexibility index (Phi) is 6.29. The average molecular weight is 381 g/mol. The van der Waals surface area contributed by atoms with Crippen LogP contribution in [0, 0.1) is 11.3 Å². The predicted octanol–water partition coefficient (Wildman–Crippen LogP) is 3.11. The third kappa shape index (κ3) is 3.94. The van der Waals surface area contributed by atoms with Crippen LogP contribution in [0.1, 0.15) is 62.8 Å². The van der Waals surface area contributed by atoms with Crippen molar-refractivity contribution in [2.45, 2.75) is 57.3 Å². The van der Waals surface area contributed by atoms with E-state index in [1.165, 1.54) is 56.9 Å². The molecule has 0 unspecified atom stereocenters. The normalized spacial score (nSPS) is 28.6. The van der Waals surface area contributed by atoms with Crippen molar-refractivity contribution < 1.29 is 4.79 Å². The highest BCUT2D eigenvalue weighted by Crippen LogP contribution is 2.43. The Morgan fingerprint density at radius 2 is 1.88 bits per heavy atom. The molecule has 2 saturated heterocycles. The molecule has 1 N–H and O–H groups in total. The van der Waals surface area contributed by atoms with Gasteiger partial charge in [-0.3, -0.25) is 9.48 Å². The van der Waals surface area contributed by atoms with E-state index in [0.29, 0.717) is 11.3 Å². The first-order valence-corrected chi connectivity index (χ1v) is 10.1. The van der Waals surface area contributed by atoms with Crippen LogP contribution >= 0.6 is 12.4 Å². The molecule has 146 valence electrons. The highest BCUT2D eigenvalue weighted by atomic mass is 35.5. The molecule has 1 aliphatic carbocycles. The first-order valence-electron chi connectivity index (χ1n) is 10.1. The van der Waals surface area contributed by atoms with Gasteiger partial charge in [-0.1, -0.05) is 25.7 Å². The number of likely N-dealkylation sites (tertiary alicyclic amines) is 1. The number of nitrogens with one attached hydrogen (secondary N) is 1. The fourth-order valence-electron chi connectivity index (χ4n) is 5.44. The number of nitrogens with zero attached hydrogens (tertiary/aromatic N) is 3. The molecule has 2 atom stereocenters. The smallest absolute Gasteiger partial charge is 0.227 e. The molecule has 6 heteroatoms. The third-order valence-corrected chi connectivity index (χ3v) is 6.82. The number of aryl methyl sites for hydroxylation is 1. The lowest BCUT2D eigenvalue weighted by atomic mass is 9.73. The monoisotopic (exact) mass is 380 g/mol. The molecule has 3 fully saturated rings. The number of carbonyl (C=O) groups is 1. The van der Waals surface area contributed by atoms with Gasteiger partial charge in [-0.2, -0.15) is 5.10 Å². The molecule has 1 saturated carbocycles. The van der Waals surface area contributed by atoms with E-state index in [-0.39, 0.29) is 24.2 Å². The zero-order chi connectivity index (χ0) is 17.3. The maximum atomic E-state index is 13.4. The van der Waals surface area contributed by atoms with Gasteiger partial charge in [0.15, 0.2) is 0 Å². The van der Waals surface area contributed by atoms with Crippen molar-refractivity contribution in [2.75, 3.05) is 26.2 Å². The number of amides is 1. The van der Waals surface area contributed by atoms with Gasteiger partial charge in [0.2, 0.25) is 5.91 Å². The minimum Gasteiger partial charge on any atom is -0.342 e. The van der Waals surface area contributed by atoms with Crippen LogP contribution in [0.15, 0.2) is 12.4 Å². The molecular weight excluding hydrogens is 348 g/mol. The fraction of sp³-hybridized carbons (Fsp3) is 0.800. The fourth-order valence-corrected chi connectivity index (χ4v) is 5.44. The van der Waals surface area contributed by atoms with Crippen molar-refractivity contribution in [3.63, 3.8) is 0 Å². The molecule has 3 aliphatic rings. The molecular formula is C20H33ClN4O. The maximum Gasteiger partial charge on any atom is 0.227 e. The van der Waals surface area contributed by atoms with Crippen LogP contribution in [0.3, 0.4) is 0 Å². The zero-order valence-electron chi connectivity index (χ0n) is 16.0.